The molecule has 2 unspecified atom stereocenters. The molecule has 0 aromatic heterocycles. The second-order valence-corrected chi connectivity index (χ2v) is 6.09. The lowest BCUT2D eigenvalue weighted by molar-refractivity contribution is 0.140. The molecule has 2 aromatic rings. The zero-order valence-electron chi connectivity index (χ0n) is 13.1. The topological polar surface area (TPSA) is 38.5 Å². The first-order valence-corrected chi connectivity index (χ1v) is 7.82. The van der Waals surface area contributed by atoms with E-state index in [4.69, 9.17) is 10.5 Å². The molecule has 1 fully saturated rings. The van der Waals surface area contributed by atoms with E-state index in [2.05, 4.69) is 54.3 Å². The van der Waals surface area contributed by atoms with E-state index in [1.807, 2.05) is 0 Å². The van der Waals surface area contributed by atoms with Crippen LogP contribution in [0.3, 0.4) is 0 Å². The molecule has 22 heavy (non-hydrogen) atoms. The van der Waals surface area contributed by atoms with Crippen molar-refractivity contribution in [2.24, 2.45) is 11.7 Å². The maximum Gasteiger partial charge on any atom is 0.120 e. The Balaban J connectivity index is 0.00000176. The normalized spacial score (nSPS) is 22.3. The smallest absolute Gasteiger partial charge is 0.120 e. The Morgan fingerprint density at radius 3 is 2.73 bits per heavy atom. The molecule has 2 aromatic carbocycles. The average Bonchev–Trinajstić information content (AvgIpc) is 2.51. The van der Waals surface area contributed by atoms with E-state index < -0.39 is 0 Å². The van der Waals surface area contributed by atoms with Crippen molar-refractivity contribution in [2.45, 2.75) is 19.4 Å². The minimum Gasteiger partial charge on any atom is -0.492 e. The van der Waals surface area contributed by atoms with E-state index >= 15 is 0 Å². The van der Waals surface area contributed by atoms with E-state index in [-0.39, 0.29) is 12.4 Å². The maximum atomic E-state index is 6.06. The molecule has 2 N–H and O–H groups in total. The molecule has 3 nitrogen and oxygen atoms in total. The fourth-order valence-corrected chi connectivity index (χ4v) is 3.00. The van der Waals surface area contributed by atoms with E-state index in [0.29, 0.717) is 12.0 Å². The Morgan fingerprint density at radius 2 is 1.95 bits per heavy atom. The first kappa shape index (κ1) is 17.1. The van der Waals surface area contributed by atoms with Crippen LogP contribution < -0.4 is 10.5 Å². The van der Waals surface area contributed by atoms with Gasteiger partial charge in [-0.1, -0.05) is 37.3 Å². The molecular formula is C18H25ClN2O. The molecule has 0 spiro atoms. The van der Waals surface area contributed by atoms with Gasteiger partial charge in [-0.05, 0) is 41.8 Å². The van der Waals surface area contributed by atoms with Gasteiger partial charge in [-0.25, -0.2) is 0 Å². The van der Waals surface area contributed by atoms with Gasteiger partial charge in [-0.3, -0.25) is 4.90 Å². The molecule has 1 heterocycles. The number of fused-ring (bicyclic) bond motifs is 1. The average molecular weight is 321 g/mol. The van der Waals surface area contributed by atoms with Gasteiger partial charge in [-0.15, -0.1) is 12.4 Å². The van der Waals surface area contributed by atoms with E-state index in [1.165, 1.54) is 10.8 Å². The molecule has 1 aliphatic rings. The van der Waals surface area contributed by atoms with Gasteiger partial charge in [0.1, 0.15) is 12.4 Å². The molecule has 0 amide bonds. The van der Waals surface area contributed by atoms with Crippen molar-refractivity contribution < 1.29 is 4.74 Å². The van der Waals surface area contributed by atoms with Crippen LogP contribution in [0.4, 0.5) is 0 Å². The lowest BCUT2D eigenvalue weighted by atomic mass is 9.95. The van der Waals surface area contributed by atoms with Crippen LogP contribution in [-0.4, -0.2) is 37.2 Å². The second kappa shape index (κ2) is 7.82. The Kier molecular flexibility index (Phi) is 6.07. The highest BCUT2D eigenvalue weighted by molar-refractivity contribution is 5.85. The van der Waals surface area contributed by atoms with E-state index in [9.17, 15) is 0 Å². The Morgan fingerprint density at radius 1 is 1.18 bits per heavy atom. The number of benzene rings is 2. The van der Waals surface area contributed by atoms with Crippen molar-refractivity contribution in [1.29, 1.82) is 0 Å². The molecule has 1 aliphatic heterocycles. The number of nitrogens with zero attached hydrogens (tertiary/aromatic N) is 1. The minimum absolute atomic E-state index is 0. The van der Waals surface area contributed by atoms with Crippen molar-refractivity contribution >= 4 is 23.2 Å². The number of hydrogen-bond donors (Lipinski definition) is 1. The molecule has 0 bridgehead atoms. The summed E-state index contributed by atoms with van der Waals surface area (Å²) >= 11 is 0. The Labute approximate surface area is 138 Å². The quantitative estimate of drug-likeness (QED) is 0.939. The van der Waals surface area contributed by atoms with Crippen LogP contribution in [0, 0.1) is 5.92 Å². The highest BCUT2D eigenvalue weighted by Crippen LogP contribution is 2.20. The Bertz CT molecular complexity index is 604. The highest BCUT2D eigenvalue weighted by Gasteiger charge is 2.22. The summed E-state index contributed by atoms with van der Waals surface area (Å²) in [4.78, 5) is 2.45. The first-order chi connectivity index (χ1) is 10.2. The van der Waals surface area contributed by atoms with Gasteiger partial charge in [0.2, 0.25) is 0 Å². The van der Waals surface area contributed by atoms with Crippen LogP contribution in [0.25, 0.3) is 10.8 Å². The van der Waals surface area contributed by atoms with Crippen molar-refractivity contribution in [1.82, 2.24) is 4.90 Å². The number of halogens is 1. The van der Waals surface area contributed by atoms with Crippen LogP contribution in [0.5, 0.6) is 5.75 Å². The summed E-state index contributed by atoms with van der Waals surface area (Å²) in [5, 5.41) is 2.48. The number of piperidine rings is 1. The van der Waals surface area contributed by atoms with Gasteiger partial charge in [-0.2, -0.15) is 0 Å². The van der Waals surface area contributed by atoms with E-state index in [1.54, 1.807) is 0 Å². The van der Waals surface area contributed by atoms with Gasteiger partial charge in [0.25, 0.3) is 0 Å². The summed E-state index contributed by atoms with van der Waals surface area (Å²) in [6.07, 6.45) is 1.09. The Hall–Kier alpha value is -1.29. The number of nitrogens with two attached hydrogens (primary N) is 1. The number of hydrogen-bond acceptors (Lipinski definition) is 3. The van der Waals surface area contributed by atoms with Crippen LogP contribution >= 0.6 is 12.4 Å². The van der Waals surface area contributed by atoms with Gasteiger partial charge < -0.3 is 10.5 Å². The molecule has 120 valence electrons. The summed E-state index contributed by atoms with van der Waals surface area (Å²) in [7, 11) is 0. The van der Waals surface area contributed by atoms with Crippen molar-refractivity contribution in [3.05, 3.63) is 42.5 Å². The molecule has 4 heteroatoms. The van der Waals surface area contributed by atoms with Gasteiger partial charge in [0, 0.05) is 19.1 Å². The summed E-state index contributed by atoms with van der Waals surface area (Å²) < 4.78 is 5.91. The predicted molar refractivity (Wildman–Crippen MR) is 94.9 cm³/mol. The zero-order chi connectivity index (χ0) is 14.7. The van der Waals surface area contributed by atoms with Crippen molar-refractivity contribution in [3.8, 4) is 5.75 Å². The second-order valence-electron chi connectivity index (χ2n) is 6.09. The van der Waals surface area contributed by atoms with Gasteiger partial charge in [0.05, 0.1) is 0 Å². The summed E-state index contributed by atoms with van der Waals surface area (Å²) in [5.41, 5.74) is 6.06. The first-order valence-electron chi connectivity index (χ1n) is 7.82. The molecule has 3 rings (SSSR count). The third kappa shape index (κ3) is 4.13. The number of likely N-dealkylation sites (tertiary alicyclic amines) is 1. The molecule has 0 aliphatic carbocycles. The summed E-state index contributed by atoms with van der Waals surface area (Å²) in [5.74, 6) is 1.54. The van der Waals surface area contributed by atoms with E-state index in [0.717, 1.165) is 38.4 Å². The minimum atomic E-state index is 0. The van der Waals surface area contributed by atoms with Crippen molar-refractivity contribution in [3.63, 3.8) is 0 Å². The fraction of sp³-hybridized carbons (Fsp3) is 0.444. The predicted octanol–water partition coefficient (Wildman–Crippen LogP) is 3.31. The van der Waals surface area contributed by atoms with Gasteiger partial charge in [0.15, 0.2) is 0 Å². The molecule has 2 atom stereocenters. The third-order valence-electron chi connectivity index (χ3n) is 4.45. The molecule has 1 saturated heterocycles. The number of rotatable bonds is 4. The highest BCUT2D eigenvalue weighted by atomic mass is 35.5. The molecule has 0 radical (unpaired) electrons. The lowest BCUT2D eigenvalue weighted by Gasteiger charge is -2.34. The standard InChI is InChI=1S/C18H24N2O.ClH/c1-14-13-20(9-8-18(14)19)10-11-21-17-7-6-15-4-2-3-5-16(15)12-17;/h2-7,12,14,18H,8-11,13,19H2,1H3;1H. The largest absolute Gasteiger partial charge is 0.492 e. The van der Waals surface area contributed by atoms with Crippen LogP contribution in [-0.2, 0) is 0 Å². The maximum absolute atomic E-state index is 6.06. The fourth-order valence-electron chi connectivity index (χ4n) is 3.00. The SMILES string of the molecule is CC1CN(CCOc2ccc3ccccc3c2)CCC1N.Cl. The number of ether oxygens (including phenoxy) is 1. The third-order valence-corrected chi connectivity index (χ3v) is 4.45. The summed E-state index contributed by atoms with van der Waals surface area (Å²) in [6, 6.07) is 15.0. The lowest BCUT2D eigenvalue weighted by Crippen LogP contribution is -2.46. The zero-order valence-corrected chi connectivity index (χ0v) is 13.9. The molecule has 0 saturated carbocycles. The monoisotopic (exact) mass is 320 g/mol. The van der Waals surface area contributed by atoms with Gasteiger partial charge >= 0.3 is 0 Å². The van der Waals surface area contributed by atoms with Crippen LogP contribution in [0.1, 0.15) is 13.3 Å². The molecular weight excluding hydrogens is 296 g/mol. The summed E-state index contributed by atoms with van der Waals surface area (Å²) in [6.45, 7) is 6.13. The van der Waals surface area contributed by atoms with Crippen molar-refractivity contribution in [2.75, 3.05) is 26.2 Å². The van der Waals surface area contributed by atoms with Crippen LogP contribution in [0.2, 0.25) is 0 Å². The van der Waals surface area contributed by atoms with Crippen LogP contribution in [0.15, 0.2) is 42.5 Å².